The Balaban J connectivity index is 2.37. The molecule has 0 amide bonds. The molecule has 2 N–H and O–H groups in total. The Kier molecular flexibility index (Phi) is 3.69. The van der Waals surface area contributed by atoms with Crippen molar-refractivity contribution in [3.8, 4) is 0 Å². The first-order valence-corrected chi connectivity index (χ1v) is 7.68. The monoisotopic (exact) mass is 395 g/mol. The third-order valence-electron chi connectivity index (χ3n) is 2.00. The van der Waals surface area contributed by atoms with Crippen LogP contribution in [0, 0.1) is 6.92 Å². The van der Waals surface area contributed by atoms with Gasteiger partial charge >= 0.3 is 0 Å². The number of H-pyrrole nitrogens is 1. The smallest absolute Gasteiger partial charge is 0.266 e. The number of aromatic amines is 1. The lowest BCUT2D eigenvalue weighted by atomic mass is 10.5. The molecular weight excluding hydrogens is 390 g/mol. The van der Waals surface area contributed by atoms with Crippen molar-refractivity contribution >= 4 is 47.7 Å². The topological polar surface area (TPSA) is 101 Å². The molecule has 0 atom stereocenters. The molecule has 0 fully saturated rings. The van der Waals surface area contributed by atoms with Gasteiger partial charge in [-0.3, -0.25) is 9.82 Å². The summed E-state index contributed by atoms with van der Waals surface area (Å²) in [6, 6.07) is 0. The minimum atomic E-state index is -3.73. The number of nitrogens with zero attached hydrogens (tertiary/aromatic N) is 3. The third kappa shape index (κ3) is 2.70. The molecular formula is C8H7Br2N5O2S. The Morgan fingerprint density at radius 1 is 1.33 bits per heavy atom. The van der Waals surface area contributed by atoms with Gasteiger partial charge < -0.3 is 0 Å². The van der Waals surface area contributed by atoms with E-state index in [1.165, 1.54) is 12.4 Å². The maximum Gasteiger partial charge on any atom is 0.266 e. The summed E-state index contributed by atoms with van der Waals surface area (Å²) in [4.78, 5) is 7.98. The van der Waals surface area contributed by atoms with Crippen molar-refractivity contribution in [2.45, 2.75) is 11.8 Å². The molecule has 10 heteroatoms. The Labute approximate surface area is 120 Å². The lowest BCUT2D eigenvalue weighted by molar-refractivity contribution is 0.600. The van der Waals surface area contributed by atoms with Gasteiger partial charge in [0.25, 0.3) is 10.0 Å². The van der Waals surface area contributed by atoms with Gasteiger partial charge in [0.2, 0.25) is 0 Å². The second kappa shape index (κ2) is 4.94. The van der Waals surface area contributed by atoms with Crippen molar-refractivity contribution in [3.63, 3.8) is 0 Å². The van der Waals surface area contributed by atoms with Gasteiger partial charge in [-0.25, -0.2) is 18.4 Å². The molecule has 7 nitrogen and oxygen atoms in total. The van der Waals surface area contributed by atoms with E-state index in [-0.39, 0.29) is 10.7 Å². The van der Waals surface area contributed by atoms with Crippen LogP contribution in [0.5, 0.6) is 0 Å². The minimum absolute atomic E-state index is 0.0686. The van der Waals surface area contributed by atoms with E-state index < -0.39 is 10.0 Å². The van der Waals surface area contributed by atoms with Crippen LogP contribution in [-0.4, -0.2) is 28.6 Å². The Bertz CT molecular complexity index is 685. The van der Waals surface area contributed by atoms with Crippen LogP contribution in [0.4, 0.5) is 5.82 Å². The third-order valence-corrected chi connectivity index (χ3v) is 4.39. The van der Waals surface area contributed by atoms with Gasteiger partial charge in [0.1, 0.15) is 9.50 Å². The molecule has 0 aliphatic carbocycles. The second-order valence-electron chi connectivity index (χ2n) is 3.30. The van der Waals surface area contributed by atoms with Gasteiger partial charge in [0.15, 0.2) is 10.4 Å². The van der Waals surface area contributed by atoms with Crippen molar-refractivity contribution < 1.29 is 8.42 Å². The normalized spacial score (nSPS) is 11.5. The number of aryl methyl sites for hydroxylation is 1. The van der Waals surface area contributed by atoms with Crippen LogP contribution in [0.25, 0.3) is 0 Å². The highest BCUT2D eigenvalue weighted by molar-refractivity contribution is 9.11. The van der Waals surface area contributed by atoms with Crippen molar-refractivity contribution in [2.75, 3.05) is 4.72 Å². The maximum absolute atomic E-state index is 12.0. The predicted octanol–water partition coefficient (Wildman–Crippen LogP) is 1.83. The van der Waals surface area contributed by atoms with E-state index in [9.17, 15) is 8.42 Å². The van der Waals surface area contributed by atoms with E-state index in [0.29, 0.717) is 14.9 Å². The van der Waals surface area contributed by atoms with E-state index in [4.69, 9.17) is 0 Å². The van der Waals surface area contributed by atoms with Gasteiger partial charge in [0.05, 0.1) is 18.1 Å². The van der Waals surface area contributed by atoms with Crippen molar-refractivity contribution in [3.05, 3.63) is 27.3 Å². The highest BCUT2D eigenvalue weighted by Gasteiger charge is 2.20. The van der Waals surface area contributed by atoms with E-state index in [1.54, 1.807) is 6.92 Å². The Morgan fingerprint density at radius 3 is 2.61 bits per heavy atom. The predicted molar refractivity (Wildman–Crippen MR) is 71.6 cm³/mol. The zero-order valence-electron chi connectivity index (χ0n) is 8.98. The number of nitrogens with one attached hydrogen (secondary N) is 2. The van der Waals surface area contributed by atoms with Crippen LogP contribution in [0.2, 0.25) is 0 Å². The molecule has 2 aromatic rings. The molecule has 2 rings (SSSR count). The fourth-order valence-electron chi connectivity index (χ4n) is 1.21. The molecule has 0 aliphatic heterocycles. The SMILES string of the molecule is Cc1[nH]ncc1S(=O)(=O)Nc1ncc(Br)nc1Br. The molecule has 0 bridgehead atoms. The van der Waals surface area contributed by atoms with Crippen molar-refractivity contribution in [1.29, 1.82) is 0 Å². The highest BCUT2D eigenvalue weighted by Crippen LogP contribution is 2.23. The summed E-state index contributed by atoms with van der Waals surface area (Å²) in [6.45, 7) is 1.61. The summed E-state index contributed by atoms with van der Waals surface area (Å²) in [6.07, 6.45) is 2.63. The van der Waals surface area contributed by atoms with Crippen LogP contribution < -0.4 is 4.72 Å². The molecule has 0 radical (unpaired) electrons. The average Bonchev–Trinajstić information content (AvgIpc) is 2.69. The molecule has 0 unspecified atom stereocenters. The van der Waals surface area contributed by atoms with Crippen molar-refractivity contribution in [2.24, 2.45) is 0 Å². The molecule has 0 saturated carbocycles. The summed E-state index contributed by atoms with van der Waals surface area (Å²) in [5, 5.41) is 6.23. The number of hydrogen-bond donors (Lipinski definition) is 2. The zero-order chi connectivity index (χ0) is 13.3. The Morgan fingerprint density at radius 2 is 2.06 bits per heavy atom. The van der Waals surface area contributed by atoms with Gasteiger partial charge in [-0.1, -0.05) is 0 Å². The first-order chi connectivity index (χ1) is 8.40. The molecule has 0 spiro atoms. The highest BCUT2D eigenvalue weighted by atomic mass is 79.9. The summed E-state index contributed by atoms with van der Waals surface area (Å²) in [5.41, 5.74) is 0.448. The number of anilines is 1. The minimum Gasteiger partial charge on any atom is -0.281 e. The largest absolute Gasteiger partial charge is 0.281 e. The van der Waals surface area contributed by atoms with E-state index in [1.807, 2.05) is 0 Å². The lowest BCUT2D eigenvalue weighted by Gasteiger charge is -2.07. The van der Waals surface area contributed by atoms with E-state index in [2.05, 4.69) is 56.7 Å². The molecule has 2 heterocycles. The average molecular weight is 397 g/mol. The fraction of sp³-hybridized carbons (Fsp3) is 0.125. The van der Waals surface area contributed by atoms with E-state index in [0.717, 1.165) is 0 Å². The number of hydrogen-bond acceptors (Lipinski definition) is 5. The Hall–Kier alpha value is -1.00. The molecule has 0 aromatic carbocycles. The standard InChI is InChI=1S/C8H7Br2N5O2S/c1-4-5(2-12-14-4)18(16,17)15-8-7(10)13-6(9)3-11-8/h2-3H,1H3,(H,11,15)(H,12,14). The number of halogens is 2. The molecule has 0 aliphatic rings. The van der Waals surface area contributed by atoms with Crippen LogP contribution >= 0.6 is 31.9 Å². The second-order valence-corrected chi connectivity index (χ2v) is 6.51. The number of sulfonamides is 1. The van der Waals surface area contributed by atoms with E-state index >= 15 is 0 Å². The summed E-state index contributed by atoms with van der Waals surface area (Å²) in [5.74, 6) is 0.110. The lowest BCUT2D eigenvalue weighted by Crippen LogP contribution is -2.15. The van der Waals surface area contributed by atoms with Crippen LogP contribution in [0.3, 0.4) is 0 Å². The quantitative estimate of drug-likeness (QED) is 0.824. The van der Waals surface area contributed by atoms with Crippen LogP contribution in [-0.2, 0) is 10.0 Å². The van der Waals surface area contributed by atoms with Crippen LogP contribution in [0.1, 0.15) is 5.69 Å². The number of aromatic nitrogens is 4. The van der Waals surface area contributed by atoms with Gasteiger partial charge in [-0.2, -0.15) is 5.10 Å². The fourth-order valence-corrected chi connectivity index (χ4v) is 3.40. The summed E-state index contributed by atoms with van der Waals surface area (Å²) < 4.78 is 27.2. The first-order valence-electron chi connectivity index (χ1n) is 4.61. The molecule has 18 heavy (non-hydrogen) atoms. The molecule has 2 aromatic heterocycles. The molecule has 96 valence electrons. The van der Waals surface area contributed by atoms with Gasteiger partial charge in [0, 0.05) is 0 Å². The zero-order valence-corrected chi connectivity index (χ0v) is 13.0. The number of rotatable bonds is 3. The maximum atomic E-state index is 12.0. The first kappa shape index (κ1) is 13.4. The van der Waals surface area contributed by atoms with Crippen molar-refractivity contribution in [1.82, 2.24) is 20.2 Å². The van der Waals surface area contributed by atoms with Crippen LogP contribution in [0.15, 0.2) is 26.5 Å². The molecule has 0 saturated heterocycles. The summed E-state index contributed by atoms with van der Waals surface area (Å²) in [7, 11) is -3.73. The summed E-state index contributed by atoms with van der Waals surface area (Å²) >= 11 is 6.26. The van der Waals surface area contributed by atoms with Gasteiger partial charge in [-0.15, -0.1) is 0 Å². The van der Waals surface area contributed by atoms with Gasteiger partial charge in [-0.05, 0) is 38.8 Å².